The summed E-state index contributed by atoms with van der Waals surface area (Å²) in [6.45, 7) is 1.93. The van der Waals surface area contributed by atoms with Crippen LogP contribution < -0.4 is 16.7 Å². The zero-order valence-electron chi connectivity index (χ0n) is 7.16. The Balaban J connectivity index is 2.86. The van der Waals surface area contributed by atoms with E-state index < -0.39 is 0 Å². The number of hydrogen-bond donors (Lipinski definition) is 3. The number of hydrogen-bond acceptors (Lipinski definition) is 4. The van der Waals surface area contributed by atoms with Gasteiger partial charge in [-0.25, -0.2) is 15.7 Å². The van der Waals surface area contributed by atoms with Crippen LogP contribution in [0.2, 0.25) is 0 Å². The number of nitrogens with two attached hydrogens (primary N) is 2. The van der Waals surface area contributed by atoms with Crippen molar-refractivity contribution in [2.45, 2.75) is 6.92 Å². The van der Waals surface area contributed by atoms with Crippen molar-refractivity contribution >= 4 is 11.5 Å². The van der Waals surface area contributed by atoms with Gasteiger partial charge in [0.25, 0.3) is 0 Å². The molecule has 0 aliphatic rings. The van der Waals surface area contributed by atoms with Gasteiger partial charge < -0.3 is 5.43 Å². The van der Waals surface area contributed by atoms with E-state index in [0.717, 1.165) is 11.3 Å². The summed E-state index contributed by atoms with van der Waals surface area (Å²) < 4.78 is 0. The van der Waals surface area contributed by atoms with E-state index >= 15 is 0 Å². The van der Waals surface area contributed by atoms with E-state index in [1.807, 2.05) is 13.0 Å². The minimum absolute atomic E-state index is 0.684. The number of aromatic nitrogens is 1. The highest BCUT2D eigenvalue weighted by molar-refractivity contribution is 5.46. The van der Waals surface area contributed by atoms with Crippen molar-refractivity contribution in [3.63, 3.8) is 0 Å². The van der Waals surface area contributed by atoms with Gasteiger partial charge in [-0.2, -0.15) is 5.48 Å². The molecule has 0 spiro atoms. The third kappa shape index (κ3) is 1.91. The fourth-order valence-corrected chi connectivity index (χ4v) is 0.948. The molecule has 0 aliphatic heterocycles. The molecule has 0 saturated heterocycles. The maximum absolute atomic E-state index is 5.22. The van der Waals surface area contributed by atoms with Crippen LogP contribution in [0.1, 0.15) is 5.56 Å². The first-order valence-electron chi connectivity index (χ1n) is 3.57. The first-order valence-corrected chi connectivity index (χ1v) is 3.57. The Hall–Kier alpha value is -1.17. The quantitative estimate of drug-likeness (QED) is 0.418. The molecule has 12 heavy (non-hydrogen) atoms. The number of aryl methyl sites for hydroxylation is 1. The highest BCUT2D eigenvalue weighted by Gasteiger charge is 2.01. The van der Waals surface area contributed by atoms with Crippen LogP contribution in [0.3, 0.4) is 0 Å². The lowest BCUT2D eigenvalue weighted by Gasteiger charge is -2.03. The molecule has 0 aliphatic carbocycles. The number of pyridine rings is 1. The van der Waals surface area contributed by atoms with Crippen molar-refractivity contribution in [1.29, 1.82) is 0 Å². The van der Waals surface area contributed by atoms with E-state index in [-0.39, 0.29) is 0 Å². The van der Waals surface area contributed by atoms with Gasteiger partial charge in [0, 0.05) is 6.07 Å². The summed E-state index contributed by atoms with van der Waals surface area (Å²) in [6.07, 6.45) is 1.69. The number of nitrogen functional groups attached to an aromatic ring is 1. The lowest BCUT2D eigenvalue weighted by atomic mass is 10.3. The molecule has 0 fully saturated rings. The zero-order valence-corrected chi connectivity index (χ0v) is 7.16. The molecular weight excluding hydrogens is 156 g/mol. The number of quaternary nitrogens is 1. The standard InChI is InChI=1S/C7H12N4O/c1-5-3-6(11-12-2)4-9-7(5)10-8/h3-4,11H,8H2,1-2H3,(H,9,10)/p+1. The van der Waals surface area contributed by atoms with Crippen molar-refractivity contribution in [1.82, 2.24) is 4.98 Å². The van der Waals surface area contributed by atoms with Crippen molar-refractivity contribution < 1.29 is 10.3 Å². The van der Waals surface area contributed by atoms with Gasteiger partial charge in [-0.05, 0) is 12.5 Å². The Morgan fingerprint density at radius 3 is 2.92 bits per heavy atom. The number of rotatable bonds is 3. The molecule has 5 N–H and O–H groups in total. The van der Waals surface area contributed by atoms with Crippen LogP contribution >= 0.6 is 0 Å². The van der Waals surface area contributed by atoms with Gasteiger partial charge in [-0.1, -0.05) is 0 Å². The van der Waals surface area contributed by atoms with Gasteiger partial charge >= 0.3 is 0 Å². The van der Waals surface area contributed by atoms with Crippen LogP contribution in [0, 0.1) is 6.92 Å². The summed E-state index contributed by atoms with van der Waals surface area (Å²) >= 11 is 0. The largest absolute Gasteiger partial charge is 0.308 e. The van der Waals surface area contributed by atoms with E-state index in [1.54, 1.807) is 18.8 Å². The van der Waals surface area contributed by atoms with Gasteiger partial charge in [0.05, 0.1) is 13.3 Å². The third-order valence-corrected chi connectivity index (χ3v) is 1.49. The molecule has 5 nitrogen and oxygen atoms in total. The van der Waals surface area contributed by atoms with Gasteiger partial charge in [0.2, 0.25) is 0 Å². The molecular formula is C7H13N4O+. The second kappa shape index (κ2) is 4.01. The molecule has 5 heteroatoms. The molecule has 66 valence electrons. The molecule has 0 bridgehead atoms. The van der Waals surface area contributed by atoms with Crippen LogP contribution in [0.5, 0.6) is 0 Å². The molecule has 0 radical (unpaired) electrons. The summed E-state index contributed by atoms with van der Waals surface area (Å²) in [4.78, 5) is 8.91. The Morgan fingerprint density at radius 1 is 1.67 bits per heavy atom. The minimum atomic E-state index is 0.684. The second-order valence-electron chi connectivity index (χ2n) is 2.43. The Labute approximate surface area is 70.9 Å². The summed E-state index contributed by atoms with van der Waals surface area (Å²) in [6, 6.07) is 1.94. The predicted molar refractivity (Wildman–Crippen MR) is 45.4 cm³/mol. The van der Waals surface area contributed by atoms with Crippen molar-refractivity contribution in [2.75, 3.05) is 12.5 Å². The van der Waals surface area contributed by atoms with E-state index in [2.05, 4.69) is 10.4 Å². The average Bonchev–Trinajstić information content (AvgIpc) is 2.05. The average molecular weight is 169 g/mol. The topological polar surface area (TPSA) is 76.8 Å². The summed E-state index contributed by atoms with van der Waals surface area (Å²) in [5, 5.41) is 0. The van der Waals surface area contributed by atoms with Crippen LogP contribution in [0.4, 0.5) is 11.5 Å². The molecule has 0 amide bonds. The lowest BCUT2D eigenvalue weighted by Crippen LogP contribution is -2.76. The number of nitrogens with zero attached hydrogens (tertiary/aromatic N) is 1. The summed E-state index contributed by atoms with van der Waals surface area (Å²) in [5.41, 5.74) is 6.04. The van der Waals surface area contributed by atoms with Gasteiger partial charge in [-0.3, -0.25) is 0 Å². The Bertz CT molecular complexity index is 264. The van der Waals surface area contributed by atoms with Gasteiger partial charge in [0.1, 0.15) is 5.82 Å². The number of hydrazine groups is 1. The lowest BCUT2D eigenvalue weighted by molar-refractivity contribution is -0.830. The van der Waals surface area contributed by atoms with E-state index in [4.69, 9.17) is 10.7 Å². The first-order chi connectivity index (χ1) is 5.77. The molecule has 1 aromatic heterocycles. The summed E-state index contributed by atoms with van der Waals surface area (Å²) in [7, 11) is 1.60. The molecule has 0 saturated carbocycles. The van der Waals surface area contributed by atoms with Crippen molar-refractivity contribution in [2.24, 2.45) is 5.84 Å². The van der Waals surface area contributed by atoms with Crippen LogP contribution in [-0.4, -0.2) is 12.1 Å². The van der Waals surface area contributed by atoms with Gasteiger partial charge in [0.15, 0.2) is 5.69 Å². The maximum Gasteiger partial charge on any atom is 0.180 e. The fraction of sp³-hybridized carbons (Fsp3) is 0.286. The Morgan fingerprint density at radius 2 is 2.42 bits per heavy atom. The monoisotopic (exact) mass is 169 g/mol. The minimum Gasteiger partial charge on any atom is -0.308 e. The fourth-order valence-electron chi connectivity index (χ4n) is 0.948. The van der Waals surface area contributed by atoms with Crippen LogP contribution in [0.25, 0.3) is 0 Å². The first kappa shape index (κ1) is 8.92. The molecule has 1 aromatic rings. The predicted octanol–water partition coefficient (Wildman–Crippen LogP) is -0.568. The molecule has 0 unspecified atom stereocenters. The number of anilines is 1. The maximum atomic E-state index is 5.22. The zero-order chi connectivity index (χ0) is 8.97. The third-order valence-electron chi connectivity index (χ3n) is 1.49. The van der Waals surface area contributed by atoms with Crippen LogP contribution in [-0.2, 0) is 4.84 Å². The molecule has 0 atom stereocenters. The van der Waals surface area contributed by atoms with E-state index in [9.17, 15) is 0 Å². The van der Waals surface area contributed by atoms with Crippen molar-refractivity contribution in [3.8, 4) is 0 Å². The normalized spacial score (nSPS) is 9.92. The molecule has 1 heterocycles. The van der Waals surface area contributed by atoms with Crippen molar-refractivity contribution in [3.05, 3.63) is 17.8 Å². The second-order valence-corrected chi connectivity index (χ2v) is 2.43. The SMILES string of the molecule is CO[NH2+]c1cnc(NN)c(C)c1. The van der Waals surface area contributed by atoms with Crippen LogP contribution in [0.15, 0.2) is 12.3 Å². The smallest absolute Gasteiger partial charge is 0.180 e. The van der Waals surface area contributed by atoms with E-state index in [1.165, 1.54) is 0 Å². The number of nitrogens with one attached hydrogen (secondary N) is 1. The molecule has 1 rings (SSSR count). The molecule has 0 aromatic carbocycles. The van der Waals surface area contributed by atoms with Gasteiger partial charge in [-0.15, -0.1) is 0 Å². The van der Waals surface area contributed by atoms with E-state index in [0.29, 0.717) is 5.82 Å². The highest BCUT2D eigenvalue weighted by atomic mass is 16.6. The highest BCUT2D eigenvalue weighted by Crippen LogP contribution is 2.11. The summed E-state index contributed by atoms with van der Waals surface area (Å²) in [5.74, 6) is 5.90. The Kier molecular flexibility index (Phi) is 2.98.